The van der Waals surface area contributed by atoms with Crippen molar-refractivity contribution >= 4 is 17.7 Å². The number of hydrogen-bond acceptors (Lipinski definition) is 5. The molecule has 24 heavy (non-hydrogen) atoms. The van der Waals surface area contributed by atoms with Crippen LogP contribution in [0, 0.1) is 5.92 Å². The van der Waals surface area contributed by atoms with Crippen molar-refractivity contribution in [3.8, 4) is 11.4 Å². The first-order valence-electron chi connectivity index (χ1n) is 8.39. The lowest BCUT2D eigenvalue weighted by Gasteiger charge is -2.15. The predicted octanol–water partition coefficient (Wildman–Crippen LogP) is 2.71. The predicted molar refractivity (Wildman–Crippen MR) is 94.6 cm³/mol. The molecule has 1 saturated heterocycles. The number of pyridine rings is 1. The van der Waals surface area contributed by atoms with E-state index < -0.39 is 0 Å². The maximum absolute atomic E-state index is 12.3. The number of thioether (sulfide) groups is 1. The van der Waals surface area contributed by atoms with Crippen LogP contribution in [0.1, 0.15) is 26.7 Å². The molecule has 1 aliphatic heterocycles. The van der Waals surface area contributed by atoms with Crippen LogP contribution in [0.4, 0.5) is 0 Å². The van der Waals surface area contributed by atoms with Gasteiger partial charge in [-0.2, -0.15) is 0 Å². The van der Waals surface area contributed by atoms with E-state index in [4.69, 9.17) is 0 Å². The molecular weight excluding hydrogens is 322 g/mol. The molecule has 0 saturated carbocycles. The molecule has 2 aromatic heterocycles. The summed E-state index contributed by atoms with van der Waals surface area (Å²) in [6.45, 7) is 6.94. The van der Waals surface area contributed by atoms with E-state index in [9.17, 15) is 4.79 Å². The van der Waals surface area contributed by atoms with Gasteiger partial charge in [-0.05, 0) is 30.9 Å². The molecule has 6 nitrogen and oxygen atoms in total. The second-order valence-electron chi connectivity index (χ2n) is 6.42. The molecule has 1 amide bonds. The minimum atomic E-state index is 0.196. The zero-order valence-corrected chi connectivity index (χ0v) is 15.0. The Balaban J connectivity index is 1.77. The molecular formula is C17H23N5OS. The van der Waals surface area contributed by atoms with Gasteiger partial charge in [0.15, 0.2) is 11.0 Å². The average Bonchev–Trinajstić information content (AvgIpc) is 3.23. The van der Waals surface area contributed by atoms with E-state index in [0.717, 1.165) is 49.0 Å². The fourth-order valence-electron chi connectivity index (χ4n) is 2.82. The third-order valence-electron chi connectivity index (χ3n) is 3.99. The quantitative estimate of drug-likeness (QED) is 0.753. The van der Waals surface area contributed by atoms with Crippen molar-refractivity contribution in [2.45, 2.75) is 38.4 Å². The highest BCUT2D eigenvalue weighted by molar-refractivity contribution is 7.99. The molecule has 0 aliphatic carbocycles. The third-order valence-corrected chi connectivity index (χ3v) is 4.94. The number of rotatable bonds is 6. The number of amides is 1. The molecule has 2 aromatic rings. The number of likely N-dealkylation sites (tertiary alicyclic amines) is 1. The molecule has 7 heteroatoms. The summed E-state index contributed by atoms with van der Waals surface area (Å²) < 4.78 is 2.11. The number of hydrogen-bond donors (Lipinski definition) is 0. The number of carbonyl (C=O) groups excluding carboxylic acids is 1. The summed E-state index contributed by atoms with van der Waals surface area (Å²) in [6, 6.07) is 3.87. The van der Waals surface area contributed by atoms with Gasteiger partial charge in [0.25, 0.3) is 0 Å². The van der Waals surface area contributed by atoms with Crippen LogP contribution >= 0.6 is 11.8 Å². The zero-order chi connectivity index (χ0) is 16.9. The van der Waals surface area contributed by atoms with Gasteiger partial charge < -0.3 is 9.47 Å². The molecule has 1 aliphatic rings. The Morgan fingerprint density at radius 2 is 1.92 bits per heavy atom. The number of nitrogens with zero attached hydrogens (tertiary/aromatic N) is 5. The highest BCUT2D eigenvalue weighted by Gasteiger charge is 2.20. The first-order valence-corrected chi connectivity index (χ1v) is 9.38. The summed E-state index contributed by atoms with van der Waals surface area (Å²) in [4.78, 5) is 18.3. The fourth-order valence-corrected chi connectivity index (χ4v) is 3.67. The lowest BCUT2D eigenvalue weighted by Crippen LogP contribution is -2.29. The van der Waals surface area contributed by atoms with Crippen LogP contribution in [-0.2, 0) is 11.3 Å². The van der Waals surface area contributed by atoms with Crippen LogP contribution in [-0.4, -0.2) is 49.4 Å². The Hall–Kier alpha value is -1.89. The first kappa shape index (κ1) is 17.0. The third kappa shape index (κ3) is 3.95. The highest BCUT2D eigenvalue weighted by Crippen LogP contribution is 2.25. The van der Waals surface area contributed by atoms with Crippen molar-refractivity contribution in [2.75, 3.05) is 18.8 Å². The van der Waals surface area contributed by atoms with Gasteiger partial charge in [0, 0.05) is 37.6 Å². The van der Waals surface area contributed by atoms with E-state index in [2.05, 4.69) is 33.6 Å². The Kier molecular flexibility index (Phi) is 5.50. The van der Waals surface area contributed by atoms with Gasteiger partial charge >= 0.3 is 0 Å². The SMILES string of the molecule is CC(C)Cn1c(SCC(=O)N2CCCC2)nnc1-c1ccncc1. The van der Waals surface area contributed by atoms with Crippen molar-refractivity contribution in [2.24, 2.45) is 5.92 Å². The van der Waals surface area contributed by atoms with Crippen molar-refractivity contribution in [3.63, 3.8) is 0 Å². The minimum absolute atomic E-state index is 0.196. The van der Waals surface area contributed by atoms with Gasteiger partial charge in [0.2, 0.25) is 5.91 Å². The smallest absolute Gasteiger partial charge is 0.233 e. The van der Waals surface area contributed by atoms with Crippen LogP contribution in [0.15, 0.2) is 29.7 Å². The van der Waals surface area contributed by atoms with E-state index in [1.54, 1.807) is 12.4 Å². The Bertz CT molecular complexity index is 680. The van der Waals surface area contributed by atoms with Gasteiger partial charge in [0.05, 0.1) is 5.75 Å². The molecule has 0 unspecified atom stereocenters. The van der Waals surface area contributed by atoms with Crippen molar-refractivity contribution < 1.29 is 4.79 Å². The summed E-state index contributed by atoms with van der Waals surface area (Å²) in [5.74, 6) is 1.92. The largest absolute Gasteiger partial charge is 0.342 e. The lowest BCUT2D eigenvalue weighted by atomic mass is 10.2. The molecule has 3 rings (SSSR count). The molecule has 0 atom stereocenters. The fraction of sp³-hybridized carbons (Fsp3) is 0.529. The minimum Gasteiger partial charge on any atom is -0.342 e. The first-order chi connectivity index (χ1) is 11.6. The lowest BCUT2D eigenvalue weighted by molar-refractivity contribution is -0.127. The van der Waals surface area contributed by atoms with E-state index in [1.165, 1.54) is 11.8 Å². The van der Waals surface area contributed by atoms with Gasteiger partial charge in [-0.1, -0.05) is 25.6 Å². The zero-order valence-electron chi connectivity index (χ0n) is 14.2. The van der Waals surface area contributed by atoms with Crippen LogP contribution in [0.25, 0.3) is 11.4 Å². The van der Waals surface area contributed by atoms with Gasteiger partial charge in [0.1, 0.15) is 0 Å². The topological polar surface area (TPSA) is 63.9 Å². The Labute approximate surface area is 146 Å². The Morgan fingerprint density at radius 3 is 2.58 bits per heavy atom. The second kappa shape index (κ2) is 7.79. The normalized spacial score (nSPS) is 14.5. The van der Waals surface area contributed by atoms with Crippen molar-refractivity contribution in [1.82, 2.24) is 24.6 Å². The summed E-state index contributed by atoms with van der Waals surface area (Å²) >= 11 is 1.48. The standard InChI is InChI=1S/C17H23N5OS/c1-13(2)11-22-16(14-5-7-18-8-6-14)19-20-17(22)24-12-15(23)21-9-3-4-10-21/h5-8,13H,3-4,9-12H2,1-2H3. The monoisotopic (exact) mass is 345 g/mol. The van der Waals surface area contributed by atoms with Gasteiger partial charge in [-0.3, -0.25) is 9.78 Å². The summed E-state index contributed by atoms with van der Waals surface area (Å²) in [5.41, 5.74) is 0.996. The molecule has 3 heterocycles. The number of aromatic nitrogens is 4. The van der Waals surface area contributed by atoms with Crippen molar-refractivity contribution in [1.29, 1.82) is 0 Å². The van der Waals surface area contributed by atoms with Crippen LogP contribution < -0.4 is 0 Å². The van der Waals surface area contributed by atoms with E-state index >= 15 is 0 Å². The Morgan fingerprint density at radius 1 is 1.21 bits per heavy atom. The van der Waals surface area contributed by atoms with Gasteiger partial charge in [-0.25, -0.2) is 0 Å². The molecule has 0 aromatic carbocycles. The molecule has 0 bridgehead atoms. The maximum Gasteiger partial charge on any atom is 0.233 e. The summed E-state index contributed by atoms with van der Waals surface area (Å²) in [7, 11) is 0. The van der Waals surface area contributed by atoms with E-state index in [0.29, 0.717) is 11.7 Å². The summed E-state index contributed by atoms with van der Waals surface area (Å²) in [5, 5.41) is 9.49. The molecule has 1 fully saturated rings. The van der Waals surface area contributed by atoms with E-state index in [-0.39, 0.29) is 5.91 Å². The molecule has 128 valence electrons. The molecule has 0 radical (unpaired) electrons. The van der Waals surface area contributed by atoms with Crippen molar-refractivity contribution in [3.05, 3.63) is 24.5 Å². The molecule has 0 N–H and O–H groups in total. The van der Waals surface area contributed by atoms with Crippen LogP contribution in [0.2, 0.25) is 0 Å². The highest BCUT2D eigenvalue weighted by atomic mass is 32.2. The summed E-state index contributed by atoms with van der Waals surface area (Å²) in [6.07, 6.45) is 5.75. The average molecular weight is 345 g/mol. The van der Waals surface area contributed by atoms with E-state index in [1.807, 2.05) is 17.0 Å². The van der Waals surface area contributed by atoms with Gasteiger partial charge in [-0.15, -0.1) is 10.2 Å². The van der Waals surface area contributed by atoms with Crippen LogP contribution in [0.5, 0.6) is 0 Å². The second-order valence-corrected chi connectivity index (χ2v) is 7.37. The maximum atomic E-state index is 12.3. The molecule has 0 spiro atoms. The number of carbonyl (C=O) groups is 1. The van der Waals surface area contributed by atoms with Crippen LogP contribution in [0.3, 0.4) is 0 Å².